The lowest BCUT2D eigenvalue weighted by Gasteiger charge is -2.71. The maximum absolute atomic E-state index is 13.9. The molecule has 1 heteroatoms. The third-order valence-corrected chi connectivity index (χ3v) is 17.6. The lowest BCUT2D eigenvalue weighted by Crippen LogP contribution is -2.64. The summed E-state index contributed by atoms with van der Waals surface area (Å²) < 4.78 is 0. The zero-order chi connectivity index (χ0) is 34.8. The highest BCUT2D eigenvalue weighted by atomic mass is 16.1. The molecule has 0 heterocycles. The fourth-order valence-electron chi connectivity index (χ4n) is 14.1. The Balaban J connectivity index is 1.13. The van der Waals surface area contributed by atoms with Crippen LogP contribution in [0.15, 0.2) is 11.6 Å². The van der Waals surface area contributed by atoms with E-state index in [1.807, 2.05) is 5.57 Å². The zero-order valence-electron chi connectivity index (χ0n) is 33.9. The van der Waals surface area contributed by atoms with Gasteiger partial charge in [0.2, 0.25) is 0 Å². The average Bonchev–Trinajstić information content (AvgIpc) is 3.03. The minimum absolute atomic E-state index is 0.116. The van der Waals surface area contributed by atoms with E-state index in [9.17, 15) is 4.79 Å². The second kappa shape index (κ2) is 15.6. The number of Topliss-reactive ketones (excluding diaryl/α,β-unsaturated/α-hetero) is 1. The van der Waals surface area contributed by atoms with E-state index in [1.54, 1.807) is 0 Å². The summed E-state index contributed by atoms with van der Waals surface area (Å²) in [4.78, 5) is 13.9. The lowest BCUT2D eigenvalue weighted by molar-refractivity contribution is -0.193. The van der Waals surface area contributed by atoms with E-state index in [2.05, 4.69) is 68.4 Å². The van der Waals surface area contributed by atoms with E-state index in [1.165, 1.54) is 135 Å². The molecule has 0 spiro atoms. The van der Waals surface area contributed by atoms with Crippen LogP contribution in [-0.4, -0.2) is 5.78 Å². The Bertz CT molecular complexity index is 1100. The fourth-order valence-corrected chi connectivity index (χ4v) is 14.1. The summed E-state index contributed by atoms with van der Waals surface area (Å²) in [7, 11) is 0. The summed E-state index contributed by atoms with van der Waals surface area (Å²) in [5, 5.41) is 0. The highest BCUT2D eigenvalue weighted by Crippen LogP contribution is 2.76. The van der Waals surface area contributed by atoms with Crippen LogP contribution in [0.5, 0.6) is 0 Å². The molecule has 10 unspecified atom stereocenters. The van der Waals surface area contributed by atoms with Gasteiger partial charge in [0, 0.05) is 12.3 Å². The molecular weight excluding hydrogens is 581 g/mol. The summed E-state index contributed by atoms with van der Waals surface area (Å²) in [6.45, 7) is 23.3. The van der Waals surface area contributed by atoms with Crippen LogP contribution >= 0.6 is 0 Å². The predicted molar refractivity (Wildman–Crippen MR) is 208 cm³/mol. The molecule has 0 aliphatic heterocycles. The van der Waals surface area contributed by atoms with Crippen LogP contribution in [0.1, 0.15) is 216 Å². The molecule has 0 radical (unpaired) electrons. The van der Waals surface area contributed by atoms with E-state index in [0.717, 1.165) is 42.9 Å². The molecule has 4 saturated carbocycles. The van der Waals surface area contributed by atoms with Crippen molar-refractivity contribution in [3.63, 3.8) is 0 Å². The minimum Gasteiger partial charge on any atom is -0.299 e. The number of hydrogen-bond donors (Lipinski definition) is 0. The Morgan fingerprint density at radius 3 is 1.85 bits per heavy atom. The Morgan fingerprint density at radius 2 is 1.25 bits per heavy atom. The van der Waals surface area contributed by atoms with E-state index >= 15 is 0 Å². The molecule has 0 aromatic rings. The van der Waals surface area contributed by atoms with Crippen LogP contribution in [0.3, 0.4) is 0 Å². The smallest absolute Gasteiger partial charge is 0.136 e. The molecule has 276 valence electrons. The molecule has 10 atom stereocenters. The number of ketones is 1. The average molecular weight is 663 g/mol. The van der Waals surface area contributed by atoms with Gasteiger partial charge in [0.1, 0.15) is 5.78 Å². The maximum Gasteiger partial charge on any atom is 0.136 e. The summed E-state index contributed by atoms with van der Waals surface area (Å²) in [6, 6.07) is 0. The Morgan fingerprint density at radius 1 is 0.667 bits per heavy atom. The number of carbonyl (C=O) groups excluding carboxylic acids is 1. The first kappa shape index (κ1) is 38.6. The van der Waals surface area contributed by atoms with Crippen molar-refractivity contribution in [3.8, 4) is 0 Å². The number of hydrogen-bond acceptors (Lipinski definition) is 1. The normalized spacial score (nSPS) is 41.8. The molecule has 5 rings (SSSR count). The summed E-state index contributed by atoms with van der Waals surface area (Å²) in [6.07, 6.45) is 35.0. The van der Waals surface area contributed by atoms with Crippen LogP contribution in [0, 0.1) is 62.6 Å². The van der Waals surface area contributed by atoms with Crippen molar-refractivity contribution in [2.24, 2.45) is 62.6 Å². The minimum atomic E-state index is 0.116. The lowest BCUT2D eigenvalue weighted by atomic mass is 9.33. The van der Waals surface area contributed by atoms with Gasteiger partial charge < -0.3 is 0 Å². The van der Waals surface area contributed by atoms with Gasteiger partial charge in [0.15, 0.2) is 0 Å². The molecular formula is C47H82O. The Labute approximate surface area is 300 Å². The van der Waals surface area contributed by atoms with Gasteiger partial charge in [-0.15, -0.1) is 0 Å². The van der Waals surface area contributed by atoms with Crippen LogP contribution in [0.25, 0.3) is 0 Å². The fraction of sp³-hybridized carbons (Fsp3) is 0.936. The molecule has 0 amide bonds. The first-order valence-electron chi connectivity index (χ1n) is 22.0. The number of carbonyl (C=O) groups is 1. The number of unbranched alkanes of at least 4 members (excludes halogenated alkanes) is 13. The van der Waals surface area contributed by atoms with Crippen LogP contribution < -0.4 is 0 Å². The molecule has 1 nitrogen and oxygen atoms in total. The van der Waals surface area contributed by atoms with Gasteiger partial charge in [-0.2, -0.15) is 0 Å². The van der Waals surface area contributed by atoms with Gasteiger partial charge in [0.05, 0.1) is 0 Å². The van der Waals surface area contributed by atoms with Gasteiger partial charge in [-0.3, -0.25) is 4.79 Å². The number of fused-ring (bicyclic) bond motifs is 7. The van der Waals surface area contributed by atoms with Crippen molar-refractivity contribution >= 4 is 5.78 Å². The highest BCUT2D eigenvalue weighted by Gasteiger charge is 2.68. The van der Waals surface area contributed by atoms with Crippen LogP contribution in [-0.2, 0) is 4.79 Å². The summed E-state index contributed by atoms with van der Waals surface area (Å²) in [5.41, 5.74) is 3.58. The molecule has 0 bridgehead atoms. The third-order valence-electron chi connectivity index (χ3n) is 17.6. The summed E-state index contributed by atoms with van der Waals surface area (Å²) >= 11 is 0. The van der Waals surface area contributed by atoms with Gasteiger partial charge in [-0.25, -0.2) is 0 Å². The Hall–Kier alpha value is -0.590. The molecule has 0 aromatic carbocycles. The van der Waals surface area contributed by atoms with Crippen molar-refractivity contribution in [3.05, 3.63) is 11.6 Å². The Kier molecular flexibility index (Phi) is 12.5. The molecule has 0 aromatic heterocycles. The monoisotopic (exact) mass is 663 g/mol. The number of allylic oxidation sites excluding steroid dienone is 2. The maximum atomic E-state index is 13.9. The molecule has 0 N–H and O–H groups in total. The standard InChI is InChI=1S/C47H82O/c1-10-11-12-13-14-15-16-17-18-19-20-21-22-23-24-39(48)37-28-31-45(7)40(43(37,4)5)29-32-47(9)41(45)26-25-38-42-36(3)35(2)27-30-44(42,6)33-34-46(38,47)8/h25,35-37,40-42H,10-24,26-34H2,1-9H3. The molecule has 5 aliphatic rings. The van der Waals surface area contributed by atoms with E-state index in [0.29, 0.717) is 33.4 Å². The first-order chi connectivity index (χ1) is 22.8. The first-order valence-corrected chi connectivity index (χ1v) is 22.0. The second-order valence-electron chi connectivity index (χ2n) is 20.5. The van der Waals surface area contributed by atoms with Crippen molar-refractivity contribution in [2.75, 3.05) is 0 Å². The SMILES string of the molecule is CCCCCCCCCCCCCCCCC(=O)C1CCC2(C)C(CCC3(C)C2CC=C2C4C(C)C(C)CCC4(C)CCC23C)C1(C)C. The third kappa shape index (κ3) is 7.09. The largest absolute Gasteiger partial charge is 0.299 e. The van der Waals surface area contributed by atoms with E-state index < -0.39 is 0 Å². The quantitative estimate of drug-likeness (QED) is 0.119. The molecule has 5 aliphatic carbocycles. The summed E-state index contributed by atoms with van der Waals surface area (Å²) in [5.74, 6) is 4.74. The van der Waals surface area contributed by atoms with Crippen molar-refractivity contribution in [1.29, 1.82) is 0 Å². The van der Waals surface area contributed by atoms with Crippen molar-refractivity contribution in [2.45, 2.75) is 216 Å². The van der Waals surface area contributed by atoms with E-state index in [-0.39, 0.29) is 11.3 Å². The van der Waals surface area contributed by atoms with Crippen LogP contribution in [0.4, 0.5) is 0 Å². The highest BCUT2D eigenvalue weighted by molar-refractivity contribution is 5.82. The second-order valence-corrected chi connectivity index (χ2v) is 20.5. The number of rotatable bonds is 16. The van der Waals surface area contributed by atoms with Crippen molar-refractivity contribution in [1.82, 2.24) is 0 Å². The van der Waals surface area contributed by atoms with Crippen molar-refractivity contribution < 1.29 is 4.79 Å². The topological polar surface area (TPSA) is 17.1 Å². The van der Waals surface area contributed by atoms with Gasteiger partial charge >= 0.3 is 0 Å². The molecule has 48 heavy (non-hydrogen) atoms. The molecule has 4 fully saturated rings. The van der Waals surface area contributed by atoms with E-state index in [4.69, 9.17) is 0 Å². The zero-order valence-corrected chi connectivity index (χ0v) is 33.9. The van der Waals surface area contributed by atoms with Crippen LogP contribution in [0.2, 0.25) is 0 Å². The van der Waals surface area contributed by atoms with Gasteiger partial charge in [-0.05, 0) is 121 Å². The van der Waals surface area contributed by atoms with Gasteiger partial charge in [-0.1, -0.05) is 157 Å². The molecule has 0 saturated heterocycles. The predicted octanol–water partition coefficient (Wildman–Crippen LogP) is 14.7. The van der Waals surface area contributed by atoms with Gasteiger partial charge in [0.25, 0.3) is 0 Å².